The van der Waals surface area contributed by atoms with E-state index in [2.05, 4.69) is 10.6 Å². The van der Waals surface area contributed by atoms with Crippen molar-refractivity contribution < 1.29 is 42.3 Å². The zero-order chi connectivity index (χ0) is 24.6. The Labute approximate surface area is 189 Å². The van der Waals surface area contributed by atoms with Crippen molar-refractivity contribution in [3.8, 4) is 5.75 Å². The molecule has 2 unspecified atom stereocenters. The first kappa shape index (κ1) is 27.3. The van der Waals surface area contributed by atoms with E-state index in [1.807, 2.05) is 0 Å². The minimum Gasteiger partial charge on any atom is -0.507 e. The van der Waals surface area contributed by atoms with Gasteiger partial charge in [0.25, 0.3) is 0 Å². The number of nitrogens with one attached hydrogen (secondary N) is 2. The second kappa shape index (κ2) is 11.8. The summed E-state index contributed by atoms with van der Waals surface area (Å²) in [6.45, 7) is 2.28. The summed E-state index contributed by atoms with van der Waals surface area (Å²) >= 11 is 1.09. The number of nitrogens with two attached hydrogens (primary N) is 1. The number of aromatic hydroxyl groups is 1. The molecule has 32 heavy (non-hydrogen) atoms. The van der Waals surface area contributed by atoms with Crippen molar-refractivity contribution >= 4 is 51.5 Å². The number of phenolic OH excluding ortho intramolecular Hbond substituents is 1. The standard InChI is InChI=1S/C18H20F3N3O6S2/c1-8(25)23-12(15(22)28)6-32-17(30)13(24-9(2)26)7-31-16(29)11-4-3-10(5-14(11)27)18(19,20)21/h3-5,12-13,27H,6-7H2,1-2H3,(H2,22,28)(H,23,25)(H,24,26). The Balaban J connectivity index is 2.84. The lowest BCUT2D eigenvalue weighted by atomic mass is 10.1. The molecular formula is C18H20F3N3O6S2. The van der Waals surface area contributed by atoms with Crippen molar-refractivity contribution in [3.05, 3.63) is 29.3 Å². The highest BCUT2D eigenvalue weighted by Gasteiger charge is 2.32. The predicted octanol–water partition coefficient (Wildman–Crippen LogP) is 1.04. The summed E-state index contributed by atoms with van der Waals surface area (Å²) in [5.41, 5.74) is 3.62. The van der Waals surface area contributed by atoms with Crippen LogP contribution >= 0.6 is 23.5 Å². The molecule has 0 aliphatic carbocycles. The number of amides is 3. The Morgan fingerprint density at radius 3 is 2.00 bits per heavy atom. The summed E-state index contributed by atoms with van der Waals surface area (Å²) in [6.07, 6.45) is -4.70. The molecule has 0 spiro atoms. The lowest BCUT2D eigenvalue weighted by Crippen LogP contribution is -2.46. The van der Waals surface area contributed by atoms with Gasteiger partial charge in [-0.05, 0) is 18.2 Å². The Morgan fingerprint density at radius 2 is 1.53 bits per heavy atom. The molecule has 0 saturated heterocycles. The minimum absolute atomic E-state index is 0.220. The average Bonchev–Trinajstić information content (AvgIpc) is 2.66. The number of carbonyl (C=O) groups excluding carboxylic acids is 5. The van der Waals surface area contributed by atoms with Gasteiger partial charge in [-0.15, -0.1) is 0 Å². The maximum Gasteiger partial charge on any atom is 0.416 e. The fourth-order valence-corrected chi connectivity index (χ4v) is 4.15. The van der Waals surface area contributed by atoms with Crippen LogP contribution in [0.15, 0.2) is 18.2 Å². The lowest BCUT2D eigenvalue weighted by molar-refractivity contribution is -0.137. The number of thioether (sulfide) groups is 2. The molecule has 5 N–H and O–H groups in total. The third-order valence-electron chi connectivity index (χ3n) is 3.70. The van der Waals surface area contributed by atoms with E-state index in [1.54, 1.807) is 0 Å². The predicted molar refractivity (Wildman–Crippen MR) is 112 cm³/mol. The number of primary amides is 1. The van der Waals surface area contributed by atoms with Crippen LogP contribution in [0.1, 0.15) is 29.8 Å². The van der Waals surface area contributed by atoms with Gasteiger partial charge >= 0.3 is 6.18 Å². The van der Waals surface area contributed by atoms with Gasteiger partial charge in [-0.2, -0.15) is 13.2 Å². The molecule has 0 aromatic heterocycles. The van der Waals surface area contributed by atoms with Gasteiger partial charge in [-0.3, -0.25) is 24.0 Å². The van der Waals surface area contributed by atoms with Gasteiger partial charge in [0.15, 0.2) is 0 Å². The fourth-order valence-electron chi connectivity index (χ4n) is 2.24. The normalized spacial score (nSPS) is 13.0. The summed E-state index contributed by atoms with van der Waals surface area (Å²) in [5.74, 6) is -3.41. The number of carbonyl (C=O) groups is 5. The molecule has 0 saturated carbocycles. The van der Waals surface area contributed by atoms with Gasteiger partial charge in [-0.1, -0.05) is 23.5 Å². The largest absolute Gasteiger partial charge is 0.507 e. The van der Waals surface area contributed by atoms with Crippen LogP contribution in [-0.4, -0.2) is 56.6 Å². The summed E-state index contributed by atoms with van der Waals surface area (Å²) in [7, 11) is 0. The number of hydrogen-bond acceptors (Lipinski definition) is 8. The first-order valence-corrected chi connectivity index (χ1v) is 10.8. The summed E-state index contributed by atoms with van der Waals surface area (Å²) in [4.78, 5) is 58.6. The maximum absolute atomic E-state index is 12.7. The fraction of sp³-hybridized carbons (Fsp3) is 0.389. The van der Waals surface area contributed by atoms with Crippen LogP contribution in [0.5, 0.6) is 5.75 Å². The first-order valence-electron chi connectivity index (χ1n) is 8.79. The SMILES string of the molecule is CC(=O)NC(CSC(=O)C(CSC(=O)c1ccc(C(F)(F)F)cc1O)NC(C)=O)C(N)=O. The van der Waals surface area contributed by atoms with Crippen LogP contribution in [0.3, 0.4) is 0 Å². The van der Waals surface area contributed by atoms with E-state index in [0.29, 0.717) is 35.7 Å². The molecule has 1 rings (SSSR count). The molecule has 1 aromatic carbocycles. The minimum atomic E-state index is -4.70. The van der Waals surface area contributed by atoms with Gasteiger partial charge < -0.3 is 21.5 Å². The number of rotatable bonds is 9. The molecule has 9 nitrogen and oxygen atoms in total. The molecule has 0 heterocycles. The molecule has 1 aromatic rings. The Kier molecular flexibility index (Phi) is 10.0. The highest BCUT2D eigenvalue weighted by atomic mass is 32.2. The molecule has 176 valence electrons. The third-order valence-corrected chi connectivity index (χ3v) is 5.75. The lowest BCUT2D eigenvalue weighted by Gasteiger charge is -2.18. The van der Waals surface area contributed by atoms with E-state index in [9.17, 15) is 42.3 Å². The summed E-state index contributed by atoms with van der Waals surface area (Å²) < 4.78 is 38.0. The van der Waals surface area contributed by atoms with Crippen molar-refractivity contribution in [2.45, 2.75) is 32.1 Å². The molecule has 0 bridgehead atoms. The zero-order valence-corrected chi connectivity index (χ0v) is 18.5. The Hall–Kier alpha value is -2.74. The van der Waals surface area contributed by atoms with Crippen molar-refractivity contribution in [1.82, 2.24) is 10.6 Å². The van der Waals surface area contributed by atoms with E-state index in [1.165, 1.54) is 0 Å². The topological polar surface area (TPSA) is 156 Å². The van der Waals surface area contributed by atoms with Crippen molar-refractivity contribution in [2.24, 2.45) is 5.73 Å². The first-order chi connectivity index (χ1) is 14.7. The van der Waals surface area contributed by atoms with Crippen molar-refractivity contribution in [2.75, 3.05) is 11.5 Å². The van der Waals surface area contributed by atoms with Crippen LogP contribution in [-0.2, 0) is 25.4 Å². The monoisotopic (exact) mass is 495 g/mol. The molecule has 3 amide bonds. The number of phenols is 1. The number of hydrogen-bond donors (Lipinski definition) is 4. The highest BCUT2D eigenvalue weighted by molar-refractivity contribution is 8.15. The van der Waals surface area contributed by atoms with Crippen LogP contribution in [0.2, 0.25) is 0 Å². The number of alkyl halides is 3. The molecular weight excluding hydrogens is 475 g/mol. The van der Waals surface area contributed by atoms with E-state index < -0.39 is 63.1 Å². The smallest absolute Gasteiger partial charge is 0.416 e. The van der Waals surface area contributed by atoms with Crippen molar-refractivity contribution in [3.63, 3.8) is 0 Å². The average molecular weight is 496 g/mol. The van der Waals surface area contributed by atoms with Crippen LogP contribution < -0.4 is 16.4 Å². The van der Waals surface area contributed by atoms with E-state index in [0.717, 1.165) is 19.9 Å². The second-order valence-electron chi connectivity index (χ2n) is 6.37. The Morgan fingerprint density at radius 1 is 1.00 bits per heavy atom. The van der Waals surface area contributed by atoms with Gasteiger partial charge in [0.2, 0.25) is 28.0 Å². The van der Waals surface area contributed by atoms with Crippen LogP contribution in [0.25, 0.3) is 0 Å². The number of halogens is 3. The Bertz CT molecular complexity index is 910. The molecule has 0 radical (unpaired) electrons. The molecule has 0 aliphatic rings. The van der Waals surface area contributed by atoms with E-state index in [-0.39, 0.29) is 11.5 Å². The van der Waals surface area contributed by atoms with Gasteiger partial charge in [-0.25, -0.2) is 0 Å². The third kappa shape index (κ3) is 8.78. The molecule has 0 fully saturated rings. The number of benzene rings is 1. The van der Waals surface area contributed by atoms with E-state index >= 15 is 0 Å². The highest BCUT2D eigenvalue weighted by Crippen LogP contribution is 2.33. The molecule has 14 heteroatoms. The second-order valence-corrected chi connectivity index (χ2v) is 8.38. The van der Waals surface area contributed by atoms with Gasteiger partial charge in [0.1, 0.15) is 17.8 Å². The molecule has 2 atom stereocenters. The maximum atomic E-state index is 12.7. The van der Waals surface area contributed by atoms with Crippen molar-refractivity contribution in [1.29, 1.82) is 0 Å². The van der Waals surface area contributed by atoms with Crippen LogP contribution in [0, 0.1) is 0 Å². The summed E-state index contributed by atoms with van der Waals surface area (Å²) in [6, 6.07) is -0.494. The quantitative estimate of drug-likeness (QED) is 0.396. The van der Waals surface area contributed by atoms with Gasteiger partial charge in [0.05, 0.1) is 11.1 Å². The molecule has 0 aliphatic heterocycles. The van der Waals surface area contributed by atoms with Crippen LogP contribution in [0.4, 0.5) is 13.2 Å². The van der Waals surface area contributed by atoms with Gasteiger partial charge in [0, 0.05) is 25.4 Å². The summed E-state index contributed by atoms with van der Waals surface area (Å²) in [5, 5.41) is 12.9. The zero-order valence-electron chi connectivity index (χ0n) is 16.8. The van der Waals surface area contributed by atoms with E-state index in [4.69, 9.17) is 5.73 Å².